The number of rotatable bonds is 8. The van der Waals surface area contributed by atoms with Crippen LogP contribution in [0.15, 0.2) is 36.4 Å². The van der Waals surface area contributed by atoms with Crippen LogP contribution in [-0.4, -0.2) is 23.8 Å². The summed E-state index contributed by atoms with van der Waals surface area (Å²) >= 11 is 1.40. The summed E-state index contributed by atoms with van der Waals surface area (Å²) < 4.78 is 5.14. The van der Waals surface area contributed by atoms with E-state index < -0.39 is 18.0 Å². The number of esters is 1. The summed E-state index contributed by atoms with van der Waals surface area (Å²) in [5.74, 6) is -0.641. The van der Waals surface area contributed by atoms with Crippen LogP contribution in [0, 0.1) is 6.92 Å². The van der Waals surface area contributed by atoms with Gasteiger partial charge in [0.25, 0.3) is 5.91 Å². The number of ether oxygens (including phenoxy) is 1. The van der Waals surface area contributed by atoms with Gasteiger partial charge in [0.1, 0.15) is 0 Å². The number of aryl methyl sites for hydroxylation is 1. The molecule has 1 aromatic carbocycles. The second-order valence-corrected chi connectivity index (χ2v) is 8.02. The van der Waals surface area contributed by atoms with Gasteiger partial charge >= 0.3 is 5.97 Å². The summed E-state index contributed by atoms with van der Waals surface area (Å²) in [5.41, 5.74) is 1.83. The van der Waals surface area contributed by atoms with Gasteiger partial charge in [0, 0.05) is 17.0 Å². The fourth-order valence-corrected chi connectivity index (χ4v) is 3.26. The fourth-order valence-electron chi connectivity index (χ4n) is 2.43. The minimum atomic E-state index is -0.929. The Morgan fingerprint density at radius 1 is 1.00 bits per heavy atom. The number of hydrogen-bond donors (Lipinski definition) is 1. The van der Waals surface area contributed by atoms with Crippen LogP contribution in [0.4, 0.5) is 5.69 Å². The van der Waals surface area contributed by atoms with Crippen LogP contribution in [0.3, 0.4) is 0 Å². The zero-order chi connectivity index (χ0) is 20.0. The highest BCUT2D eigenvalue weighted by Gasteiger charge is 2.19. The van der Waals surface area contributed by atoms with Crippen molar-refractivity contribution in [1.29, 1.82) is 0 Å². The number of hydrogen-bond acceptors (Lipinski definition) is 5. The van der Waals surface area contributed by atoms with E-state index in [1.807, 2.05) is 37.3 Å². The van der Waals surface area contributed by atoms with Gasteiger partial charge in [-0.3, -0.25) is 14.4 Å². The zero-order valence-electron chi connectivity index (χ0n) is 16.1. The standard InChI is InChI=1S/C21H25NO4S/c1-13(2)16-6-8-17(9-7-16)22-21(25)15(4)26-20(24)12-10-18(23)19-11-5-14(3)27-19/h5-9,11,13,15H,10,12H2,1-4H3,(H,22,25)/t15-/m0/s1. The third kappa shape index (κ3) is 6.32. The lowest BCUT2D eigenvalue weighted by Gasteiger charge is -2.14. The lowest BCUT2D eigenvalue weighted by Crippen LogP contribution is -2.30. The van der Waals surface area contributed by atoms with E-state index in [9.17, 15) is 14.4 Å². The number of anilines is 1. The summed E-state index contributed by atoms with van der Waals surface area (Å²) in [6.45, 7) is 7.63. The molecule has 0 saturated carbocycles. The molecule has 2 rings (SSSR count). The van der Waals surface area contributed by atoms with Crippen LogP contribution in [0.1, 0.15) is 59.6 Å². The first-order valence-corrected chi connectivity index (χ1v) is 9.78. The summed E-state index contributed by atoms with van der Waals surface area (Å²) in [6, 6.07) is 11.2. The number of ketones is 1. The van der Waals surface area contributed by atoms with E-state index in [0.29, 0.717) is 16.5 Å². The average molecular weight is 388 g/mol. The molecule has 1 aromatic heterocycles. The number of carbonyl (C=O) groups excluding carboxylic acids is 3. The molecule has 144 valence electrons. The van der Waals surface area contributed by atoms with Crippen molar-refractivity contribution in [1.82, 2.24) is 0 Å². The molecule has 6 heteroatoms. The number of thiophene rings is 1. The van der Waals surface area contributed by atoms with Crippen LogP contribution in [0.5, 0.6) is 0 Å². The first-order valence-electron chi connectivity index (χ1n) is 8.96. The molecular weight excluding hydrogens is 362 g/mol. The molecule has 0 spiro atoms. The zero-order valence-corrected chi connectivity index (χ0v) is 16.9. The maximum Gasteiger partial charge on any atom is 0.307 e. The number of nitrogens with one attached hydrogen (secondary N) is 1. The van der Waals surface area contributed by atoms with Gasteiger partial charge in [0.2, 0.25) is 0 Å². The Kier molecular flexibility index (Phi) is 7.30. The Hall–Kier alpha value is -2.47. The van der Waals surface area contributed by atoms with E-state index in [1.165, 1.54) is 23.8 Å². The van der Waals surface area contributed by atoms with Gasteiger partial charge in [0.05, 0.1) is 11.3 Å². The predicted molar refractivity (Wildman–Crippen MR) is 107 cm³/mol. The van der Waals surface area contributed by atoms with Crippen LogP contribution >= 0.6 is 11.3 Å². The van der Waals surface area contributed by atoms with Gasteiger partial charge in [-0.1, -0.05) is 26.0 Å². The van der Waals surface area contributed by atoms with Crippen molar-refractivity contribution in [2.75, 3.05) is 5.32 Å². The molecule has 1 atom stereocenters. The predicted octanol–water partition coefficient (Wildman–Crippen LogP) is 4.71. The van der Waals surface area contributed by atoms with Crippen molar-refractivity contribution in [3.63, 3.8) is 0 Å². The van der Waals surface area contributed by atoms with Crippen molar-refractivity contribution < 1.29 is 19.1 Å². The highest BCUT2D eigenvalue weighted by molar-refractivity contribution is 7.14. The fraction of sp³-hybridized carbons (Fsp3) is 0.381. The minimum Gasteiger partial charge on any atom is -0.453 e. The molecule has 0 bridgehead atoms. The average Bonchev–Trinajstić information content (AvgIpc) is 3.06. The Morgan fingerprint density at radius 3 is 2.22 bits per heavy atom. The SMILES string of the molecule is Cc1ccc(C(=O)CCC(=O)O[C@@H](C)C(=O)Nc2ccc(C(C)C)cc2)s1. The molecule has 0 aliphatic heterocycles. The molecule has 1 amide bonds. The van der Waals surface area contributed by atoms with Crippen LogP contribution < -0.4 is 5.32 Å². The molecule has 27 heavy (non-hydrogen) atoms. The van der Waals surface area contributed by atoms with Crippen molar-refractivity contribution in [3.05, 3.63) is 51.7 Å². The van der Waals surface area contributed by atoms with E-state index in [2.05, 4.69) is 19.2 Å². The van der Waals surface area contributed by atoms with E-state index >= 15 is 0 Å². The normalized spacial score (nSPS) is 11.9. The van der Waals surface area contributed by atoms with Gasteiger partial charge in [-0.25, -0.2) is 0 Å². The lowest BCUT2D eigenvalue weighted by molar-refractivity contribution is -0.153. The van der Waals surface area contributed by atoms with Crippen LogP contribution in [0.25, 0.3) is 0 Å². The maximum atomic E-state index is 12.2. The molecule has 0 radical (unpaired) electrons. The lowest BCUT2D eigenvalue weighted by atomic mass is 10.0. The number of amides is 1. The topological polar surface area (TPSA) is 72.5 Å². The van der Waals surface area contributed by atoms with Crippen LogP contribution in [-0.2, 0) is 14.3 Å². The molecule has 2 aromatic rings. The van der Waals surface area contributed by atoms with E-state index in [-0.39, 0.29) is 18.6 Å². The molecule has 1 N–H and O–H groups in total. The Morgan fingerprint density at radius 2 is 1.67 bits per heavy atom. The molecule has 0 aliphatic rings. The number of Topliss-reactive ketones (excluding diaryl/α,β-unsaturated/α-hetero) is 1. The van der Waals surface area contributed by atoms with Crippen molar-refractivity contribution in [2.24, 2.45) is 0 Å². The molecule has 0 saturated heterocycles. The molecule has 0 aliphatic carbocycles. The second kappa shape index (κ2) is 9.46. The summed E-state index contributed by atoms with van der Waals surface area (Å²) in [4.78, 5) is 37.8. The third-order valence-corrected chi connectivity index (χ3v) is 5.14. The molecule has 1 heterocycles. The largest absolute Gasteiger partial charge is 0.453 e. The first kappa shape index (κ1) is 20.8. The van der Waals surface area contributed by atoms with Gasteiger partial charge in [-0.2, -0.15) is 0 Å². The van der Waals surface area contributed by atoms with Crippen molar-refractivity contribution in [2.45, 2.75) is 52.6 Å². The third-order valence-electron chi connectivity index (χ3n) is 4.09. The van der Waals surface area contributed by atoms with Gasteiger partial charge in [-0.15, -0.1) is 11.3 Å². The highest BCUT2D eigenvalue weighted by Crippen LogP contribution is 2.19. The van der Waals surface area contributed by atoms with Crippen LogP contribution in [0.2, 0.25) is 0 Å². The monoisotopic (exact) mass is 387 g/mol. The number of benzene rings is 1. The molecule has 5 nitrogen and oxygen atoms in total. The maximum absolute atomic E-state index is 12.2. The second-order valence-electron chi connectivity index (χ2n) is 6.73. The Labute approximate surface area is 163 Å². The van der Waals surface area contributed by atoms with E-state index in [4.69, 9.17) is 4.74 Å². The minimum absolute atomic E-state index is 0.0452. The Bertz CT molecular complexity index is 808. The smallest absolute Gasteiger partial charge is 0.307 e. The highest BCUT2D eigenvalue weighted by atomic mass is 32.1. The quantitative estimate of drug-likeness (QED) is 0.526. The van der Waals surface area contributed by atoms with Crippen molar-refractivity contribution >= 4 is 34.7 Å². The van der Waals surface area contributed by atoms with Gasteiger partial charge in [0.15, 0.2) is 11.9 Å². The summed E-state index contributed by atoms with van der Waals surface area (Å²) in [7, 11) is 0. The van der Waals surface area contributed by atoms with Crippen molar-refractivity contribution in [3.8, 4) is 0 Å². The molecular formula is C21H25NO4S. The van der Waals surface area contributed by atoms with E-state index in [1.54, 1.807) is 6.07 Å². The molecule has 0 fully saturated rings. The summed E-state index contributed by atoms with van der Waals surface area (Å²) in [6.07, 6.45) is -0.901. The van der Waals surface area contributed by atoms with E-state index in [0.717, 1.165) is 4.88 Å². The summed E-state index contributed by atoms with van der Waals surface area (Å²) in [5, 5.41) is 2.73. The van der Waals surface area contributed by atoms with Gasteiger partial charge in [-0.05, 0) is 49.6 Å². The molecule has 0 unspecified atom stereocenters. The first-order chi connectivity index (χ1) is 12.8. The Balaban J connectivity index is 1.79. The van der Waals surface area contributed by atoms with Gasteiger partial charge < -0.3 is 10.1 Å². The number of carbonyl (C=O) groups is 3.